The average molecular weight is 273 g/mol. The van der Waals surface area contributed by atoms with Gasteiger partial charge in [0.25, 0.3) is 0 Å². The maximum Gasteiger partial charge on any atom is 0.136 e. The van der Waals surface area contributed by atoms with Gasteiger partial charge in [-0.05, 0) is 57.1 Å². The molecular formula is C16H23N3O. The van der Waals surface area contributed by atoms with E-state index in [1.165, 1.54) is 24.8 Å². The fraction of sp³-hybridized carbons (Fsp3) is 0.562. The summed E-state index contributed by atoms with van der Waals surface area (Å²) in [5.41, 5.74) is 1.78. The Morgan fingerprint density at radius 2 is 2.25 bits per heavy atom. The van der Waals surface area contributed by atoms with Gasteiger partial charge in [-0.3, -0.25) is 4.90 Å². The van der Waals surface area contributed by atoms with E-state index < -0.39 is 0 Å². The highest BCUT2D eigenvalue weighted by molar-refractivity contribution is 5.45. The van der Waals surface area contributed by atoms with Gasteiger partial charge in [0.2, 0.25) is 0 Å². The highest BCUT2D eigenvalue weighted by Crippen LogP contribution is 2.21. The molecule has 0 amide bonds. The van der Waals surface area contributed by atoms with E-state index in [9.17, 15) is 0 Å². The standard InChI is InChI=1S/C16H23N3O/c1-19(15-4-3-8-18-9-7-15)12-13-5-6-16(20-2)14(10-13)11-17/h5-6,10,15,18H,3-4,7-9,12H2,1-2H3. The molecule has 1 aliphatic rings. The van der Waals surface area contributed by atoms with Crippen molar-refractivity contribution in [3.8, 4) is 11.8 Å². The summed E-state index contributed by atoms with van der Waals surface area (Å²) >= 11 is 0. The second kappa shape index (κ2) is 7.28. The molecule has 1 N–H and O–H groups in total. The summed E-state index contributed by atoms with van der Waals surface area (Å²) in [4.78, 5) is 2.40. The molecule has 4 heteroatoms. The summed E-state index contributed by atoms with van der Waals surface area (Å²) < 4.78 is 5.18. The number of methoxy groups -OCH3 is 1. The number of nitriles is 1. The topological polar surface area (TPSA) is 48.3 Å². The van der Waals surface area contributed by atoms with Crippen LogP contribution in [0.15, 0.2) is 18.2 Å². The van der Waals surface area contributed by atoms with Crippen molar-refractivity contribution in [2.24, 2.45) is 0 Å². The predicted octanol–water partition coefficient (Wildman–Crippen LogP) is 2.14. The molecule has 0 saturated carbocycles. The normalized spacial score (nSPS) is 19.4. The minimum absolute atomic E-state index is 0.612. The summed E-state index contributed by atoms with van der Waals surface area (Å²) in [6.07, 6.45) is 3.67. The molecule has 0 spiro atoms. The van der Waals surface area contributed by atoms with Crippen molar-refractivity contribution in [2.45, 2.75) is 31.8 Å². The molecule has 1 unspecified atom stereocenters. The van der Waals surface area contributed by atoms with Crippen LogP contribution in [0, 0.1) is 11.3 Å². The first-order valence-corrected chi connectivity index (χ1v) is 7.22. The highest BCUT2D eigenvalue weighted by Gasteiger charge is 2.17. The van der Waals surface area contributed by atoms with Crippen molar-refractivity contribution in [1.82, 2.24) is 10.2 Å². The van der Waals surface area contributed by atoms with Crippen molar-refractivity contribution < 1.29 is 4.74 Å². The van der Waals surface area contributed by atoms with Crippen molar-refractivity contribution in [1.29, 1.82) is 5.26 Å². The van der Waals surface area contributed by atoms with Gasteiger partial charge in [0.15, 0.2) is 0 Å². The summed E-state index contributed by atoms with van der Waals surface area (Å²) in [5, 5.41) is 12.6. The molecule has 1 atom stereocenters. The molecule has 1 aromatic rings. The zero-order valence-corrected chi connectivity index (χ0v) is 12.4. The fourth-order valence-electron chi connectivity index (χ4n) is 2.80. The van der Waals surface area contributed by atoms with Crippen LogP contribution in [0.1, 0.15) is 30.4 Å². The molecule has 108 valence electrons. The van der Waals surface area contributed by atoms with E-state index in [-0.39, 0.29) is 0 Å². The minimum atomic E-state index is 0.612. The first-order valence-electron chi connectivity index (χ1n) is 7.22. The molecule has 1 fully saturated rings. The molecule has 2 rings (SSSR count). The Morgan fingerprint density at radius 1 is 1.40 bits per heavy atom. The van der Waals surface area contributed by atoms with E-state index >= 15 is 0 Å². The van der Waals surface area contributed by atoms with Crippen LogP contribution >= 0.6 is 0 Å². The minimum Gasteiger partial charge on any atom is -0.495 e. The van der Waals surface area contributed by atoms with Crippen molar-refractivity contribution in [3.63, 3.8) is 0 Å². The molecule has 0 bridgehead atoms. The molecule has 0 aliphatic carbocycles. The van der Waals surface area contributed by atoms with E-state index in [0.29, 0.717) is 17.4 Å². The lowest BCUT2D eigenvalue weighted by Crippen LogP contribution is -2.32. The summed E-state index contributed by atoms with van der Waals surface area (Å²) in [5.74, 6) is 0.651. The Bertz CT molecular complexity index is 473. The monoisotopic (exact) mass is 273 g/mol. The maximum absolute atomic E-state index is 9.14. The molecule has 1 aliphatic heterocycles. The molecule has 1 aromatic carbocycles. The van der Waals surface area contributed by atoms with Crippen molar-refractivity contribution in [3.05, 3.63) is 29.3 Å². The third-order valence-electron chi connectivity index (χ3n) is 3.98. The first-order chi connectivity index (χ1) is 9.74. The summed E-state index contributed by atoms with van der Waals surface area (Å²) in [6, 6.07) is 8.69. The van der Waals surface area contributed by atoms with Gasteiger partial charge in [-0.15, -0.1) is 0 Å². The molecule has 1 heterocycles. The summed E-state index contributed by atoms with van der Waals surface area (Å²) in [7, 11) is 3.77. The Hall–Kier alpha value is -1.57. The van der Waals surface area contributed by atoms with Gasteiger partial charge >= 0.3 is 0 Å². The van der Waals surface area contributed by atoms with E-state index in [1.807, 2.05) is 18.2 Å². The number of nitrogens with zero attached hydrogens (tertiary/aromatic N) is 2. The van der Waals surface area contributed by atoms with Gasteiger partial charge < -0.3 is 10.1 Å². The maximum atomic E-state index is 9.14. The van der Waals surface area contributed by atoms with Crippen LogP contribution in [0.2, 0.25) is 0 Å². The van der Waals surface area contributed by atoms with Crippen LogP contribution < -0.4 is 10.1 Å². The number of nitrogens with one attached hydrogen (secondary N) is 1. The van der Waals surface area contributed by atoms with Crippen LogP contribution in [-0.2, 0) is 6.54 Å². The third-order valence-corrected chi connectivity index (χ3v) is 3.98. The van der Waals surface area contributed by atoms with E-state index in [1.54, 1.807) is 7.11 Å². The van der Waals surface area contributed by atoms with Crippen LogP contribution in [0.25, 0.3) is 0 Å². The van der Waals surface area contributed by atoms with E-state index in [2.05, 4.69) is 23.3 Å². The number of ether oxygens (including phenoxy) is 1. The van der Waals surface area contributed by atoms with Crippen LogP contribution in [0.3, 0.4) is 0 Å². The third kappa shape index (κ3) is 3.72. The van der Waals surface area contributed by atoms with Gasteiger partial charge in [-0.25, -0.2) is 0 Å². The molecule has 1 saturated heterocycles. The number of hydrogen-bond acceptors (Lipinski definition) is 4. The number of benzene rings is 1. The average Bonchev–Trinajstić information content (AvgIpc) is 2.76. The van der Waals surface area contributed by atoms with Crippen LogP contribution in [0.5, 0.6) is 5.75 Å². The van der Waals surface area contributed by atoms with E-state index in [4.69, 9.17) is 10.00 Å². The van der Waals surface area contributed by atoms with Gasteiger partial charge in [-0.1, -0.05) is 6.07 Å². The van der Waals surface area contributed by atoms with Gasteiger partial charge in [-0.2, -0.15) is 5.26 Å². The zero-order chi connectivity index (χ0) is 14.4. The van der Waals surface area contributed by atoms with E-state index in [0.717, 1.165) is 19.6 Å². The lowest BCUT2D eigenvalue weighted by molar-refractivity contribution is 0.216. The molecule has 0 radical (unpaired) electrons. The first kappa shape index (κ1) is 14.8. The fourth-order valence-corrected chi connectivity index (χ4v) is 2.80. The second-order valence-electron chi connectivity index (χ2n) is 5.40. The Labute approximate surface area is 121 Å². The molecular weight excluding hydrogens is 250 g/mol. The van der Waals surface area contributed by atoms with Gasteiger partial charge in [0, 0.05) is 12.6 Å². The molecule has 20 heavy (non-hydrogen) atoms. The molecule has 0 aromatic heterocycles. The lowest BCUT2D eigenvalue weighted by Gasteiger charge is -2.27. The van der Waals surface area contributed by atoms with Crippen molar-refractivity contribution >= 4 is 0 Å². The highest BCUT2D eigenvalue weighted by atomic mass is 16.5. The zero-order valence-electron chi connectivity index (χ0n) is 12.4. The van der Waals surface area contributed by atoms with Crippen LogP contribution in [0.4, 0.5) is 0 Å². The quantitative estimate of drug-likeness (QED) is 0.913. The Morgan fingerprint density at radius 3 is 3.00 bits per heavy atom. The largest absolute Gasteiger partial charge is 0.495 e. The van der Waals surface area contributed by atoms with Crippen LogP contribution in [-0.4, -0.2) is 38.2 Å². The SMILES string of the molecule is COc1ccc(CN(C)C2CCCNCC2)cc1C#N. The number of rotatable bonds is 4. The van der Waals surface area contributed by atoms with Crippen molar-refractivity contribution in [2.75, 3.05) is 27.2 Å². The number of hydrogen-bond donors (Lipinski definition) is 1. The molecule has 4 nitrogen and oxygen atoms in total. The lowest BCUT2D eigenvalue weighted by atomic mass is 10.1. The Kier molecular flexibility index (Phi) is 5.40. The second-order valence-corrected chi connectivity index (χ2v) is 5.40. The summed E-state index contributed by atoms with van der Waals surface area (Å²) in [6.45, 7) is 3.11. The van der Waals surface area contributed by atoms with Gasteiger partial charge in [0.1, 0.15) is 11.8 Å². The smallest absolute Gasteiger partial charge is 0.136 e. The Balaban J connectivity index is 2.03. The van der Waals surface area contributed by atoms with Gasteiger partial charge in [0.05, 0.1) is 12.7 Å². The predicted molar refractivity (Wildman–Crippen MR) is 79.7 cm³/mol.